The summed E-state index contributed by atoms with van der Waals surface area (Å²) in [5.74, 6) is 0.0419. The lowest BCUT2D eigenvalue weighted by Crippen LogP contribution is -2.12. The van der Waals surface area contributed by atoms with Crippen LogP contribution in [0.2, 0.25) is 5.02 Å². The number of nitrogens with zero attached hydrogens (tertiary/aromatic N) is 3. The first-order valence-electron chi connectivity index (χ1n) is 5.14. The molecule has 90 valence electrons. The van der Waals surface area contributed by atoms with Gasteiger partial charge >= 0.3 is 5.97 Å². The molecule has 0 bridgehead atoms. The molecular formula is C11H7ClN4O2. The van der Waals surface area contributed by atoms with E-state index in [1.807, 2.05) is 0 Å². The molecule has 1 aliphatic rings. The molecule has 2 aromatic heterocycles. The highest BCUT2D eigenvalue weighted by atomic mass is 35.5. The third-order valence-electron chi connectivity index (χ3n) is 2.40. The van der Waals surface area contributed by atoms with Gasteiger partial charge in [0, 0.05) is 18.6 Å². The van der Waals surface area contributed by atoms with Crippen molar-refractivity contribution in [1.82, 2.24) is 15.0 Å². The molecule has 1 aliphatic heterocycles. The lowest BCUT2D eigenvalue weighted by atomic mass is 10.3. The number of ether oxygens (including phenoxy) is 1. The van der Waals surface area contributed by atoms with Crippen LogP contribution in [0.5, 0.6) is 0 Å². The monoisotopic (exact) mass is 262 g/mol. The Balaban J connectivity index is 1.87. The van der Waals surface area contributed by atoms with Crippen molar-refractivity contribution in [1.29, 1.82) is 0 Å². The number of carbonyl (C=O) groups excluding carboxylic acids is 1. The smallest absolute Gasteiger partial charge is 0.361 e. The number of nitrogens with one attached hydrogen (secondary N) is 1. The average molecular weight is 263 g/mol. The molecule has 1 unspecified atom stereocenters. The van der Waals surface area contributed by atoms with Crippen LogP contribution in [0.15, 0.2) is 30.7 Å². The zero-order valence-corrected chi connectivity index (χ0v) is 9.76. The SMILES string of the molecule is O=C1OC(Nc2ccc(Cl)cn2)c2nccnc21. The minimum atomic E-state index is -0.671. The fourth-order valence-electron chi connectivity index (χ4n) is 1.61. The number of esters is 1. The number of anilines is 1. The van der Waals surface area contributed by atoms with Crippen LogP contribution >= 0.6 is 11.6 Å². The van der Waals surface area contributed by atoms with Crippen LogP contribution in [-0.4, -0.2) is 20.9 Å². The Bertz CT molecular complexity index is 602. The molecule has 0 fully saturated rings. The molecule has 0 saturated heterocycles. The largest absolute Gasteiger partial charge is 0.431 e. The predicted molar refractivity (Wildman–Crippen MR) is 63.1 cm³/mol. The molecule has 0 saturated carbocycles. The molecule has 2 aromatic rings. The number of carbonyl (C=O) groups is 1. The van der Waals surface area contributed by atoms with Gasteiger partial charge in [0.15, 0.2) is 5.69 Å². The summed E-state index contributed by atoms with van der Waals surface area (Å²) in [6, 6.07) is 3.37. The molecule has 0 aromatic carbocycles. The second kappa shape index (κ2) is 4.23. The maximum Gasteiger partial charge on any atom is 0.361 e. The molecule has 6 nitrogen and oxygen atoms in total. The van der Waals surface area contributed by atoms with Crippen molar-refractivity contribution in [3.05, 3.63) is 47.1 Å². The minimum Gasteiger partial charge on any atom is -0.431 e. The summed E-state index contributed by atoms with van der Waals surface area (Å²) >= 11 is 5.73. The van der Waals surface area contributed by atoms with Crippen LogP contribution in [0, 0.1) is 0 Å². The Hall–Kier alpha value is -2.21. The maximum atomic E-state index is 11.5. The van der Waals surface area contributed by atoms with E-state index in [1.165, 1.54) is 18.6 Å². The molecule has 0 amide bonds. The minimum absolute atomic E-state index is 0.226. The standard InChI is InChI=1S/C11H7ClN4O2/c12-6-1-2-7(15-5-6)16-10-8-9(11(17)18-10)14-4-3-13-8/h1-5,10H,(H,15,16). The topological polar surface area (TPSA) is 77.0 Å². The number of aromatic nitrogens is 3. The summed E-state index contributed by atoms with van der Waals surface area (Å²) in [6.45, 7) is 0. The van der Waals surface area contributed by atoms with Crippen LogP contribution < -0.4 is 5.32 Å². The van der Waals surface area contributed by atoms with E-state index in [0.29, 0.717) is 16.5 Å². The first kappa shape index (κ1) is 10.9. The first-order chi connectivity index (χ1) is 8.74. The maximum absolute atomic E-state index is 11.5. The Morgan fingerprint density at radius 3 is 2.83 bits per heavy atom. The normalized spacial score (nSPS) is 17.2. The Morgan fingerprint density at radius 2 is 2.06 bits per heavy atom. The summed E-state index contributed by atoms with van der Waals surface area (Å²) < 4.78 is 5.12. The van der Waals surface area contributed by atoms with Crippen LogP contribution in [-0.2, 0) is 4.74 Å². The number of hydrogen-bond acceptors (Lipinski definition) is 6. The second-order valence-corrected chi connectivity index (χ2v) is 4.02. The van der Waals surface area contributed by atoms with Gasteiger partial charge in [0.1, 0.15) is 11.5 Å². The highest BCUT2D eigenvalue weighted by Gasteiger charge is 2.33. The predicted octanol–water partition coefficient (Wildman–Crippen LogP) is 1.81. The second-order valence-electron chi connectivity index (χ2n) is 3.58. The fraction of sp³-hybridized carbons (Fsp3) is 0.0909. The number of fused-ring (bicyclic) bond motifs is 1. The average Bonchev–Trinajstić information content (AvgIpc) is 2.70. The van der Waals surface area contributed by atoms with Crippen molar-refractivity contribution >= 4 is 23.4 Å². The molecule has 0 radical (unpaired) electrons. The van der Waals surface area contributed by atoms with Crippen molar-refractivity contribution in [2.75, 3.05) is 5.32 Å². The van der Waals surface area contributed by atoms with E-state index in [-0.39, 0.29) is 5.69 Å². The zero-order valence-electron chi connectivity index (χ0n) is 9.00. The molecule has 7 heteroatoms. The van der Waals surface area contributed by atoms with E-state index in [4.69, 9.17) is 16.3 Å². The van der Waals surface area contributed by atoms with Crippen LogP contribution in [0.1, 0.15) is 22.4 Å². The van der Waals surface area contributed by atoms with E-state index in [1.54, 1.807) is 12.1 Å². The zero-order chi connectivity index (χ0) is 12.5. The fourth-order valence-corrected chi connectivity index (χ4v) is 1.72. The Morgan fingerprint density at radius 1 is 1.22 bits per heavy atom. The van der Waals surface area contributed by atoms with E-state index < -0.39 is 12.2 Å². The molecule has 18 heavy (non-hydrogen) atoms. The third kappa shape index (κ3) is 1.86. The summed E-state index contributed by atoms with van der Waals surface area (Å²) in [7, 11) is 0. The van der Waals surface area contributed by atoms with Gasteiger partial charge in [-0.15, -0.1) is 0 Å². The van der Waals surface area contributed by atoms with Gasteiger partial charge in [-0.05, 0) is 12.1 Å². The van der Waals surface area contributed by atoms with Crippen LogP contribution in [0.25, 0.3) is 0 Å². The third-order valence-corrected chi connectivity index (χ3v) is 2.62. The van der Waals surface area contributed by atoms with Crippen molar-refractivity contribution in [2.24, 2.45) is 0 Å². The lowest BCUT2D eigenvalue weighted by molar-refractivity contribution is 0.0429. The summed E-state index contributed by atoms with van der Waals surface area (Å²) in [4.78, 5) is 23.6. The van der Waals surface area contributed by atoms with Crippen molar-refractivity contribution in [3.63, 3.8) is 0 Å². The van der Waals surface area contributed by atoms with Crippen molar-refractivity contribution in [2.45, 2.75) is 6.23 Å². The van der Waals surface area contributed by atoms with Gasteiger partial charge in [-0.3, -0.25) is 4.98 Å². The van der Waals surface area contributed by atoms with E-state index in [9.17, 15) is 4.79 Å². The highest BCUT2D eigenvalue weighted by molar-refractivity contribution is 6.30. The summed E-state index contributed by atoms with van der Waals surface area (Å²) in [6.07, 6.45) is 3.78. The number of halogens is 1. The molecule has 0 aliphatic carbocycles. The van der Waals surface area contributed by atoms with Gasteiger partial charge in [-0.2, -0.15) is 0 Å². The van der Waals surface area contributed by atoms with E-state index in [2.05, 4.69) is 20.3 Å². The highest BCUT2D eigenvalue weighted by Crippen LogP contribution is 2.27. The van der Waals surface area contributed by atoms with Gasteiger partial charge < -0.3 is 10.1 Å². The van der Waals surface area contributed by atoms with Crippen molar-refractivity contribution < 1.29 is 9.53 Å². The van der Waals surface area contributed by atoms with Gasteiger partial charge in [-0.25, -0.2) is 14.8 Å². The van der Waals surface area contributed by atoms with Crippen LogP contribution in [0.4, 0.5) is 5.82 Å². The van der Waals surface area contributed by atoms with Gasteiger partial charge in [0.2, 0.25) is 6.23 Å². The van der Waals surface area contributed by atoms with Gasteiger partial charge in [0.05, 0.1) is 5.02 Å². The number of pyridine rings is 1. The quantitative estimate of drug-likeness (QED) is 0.832. The van der Waals surface area contributed by atoms with Gasteiger partial charge in [0.25, 0.3) is 0 Å². The molecule has 0 spiro atoms. The Kier molecular flexibility index (Phi) is 2.56. The molecule has 3 heterocycles. The first-order valence-corrected chi connectivity index (χ1v) is 5.52. The summed E-state index contributed by atoms with van der Waals surface area (Å²) in [5, 5.41) is 3.47. The molecule has 1 atom stereocenters. The Labute approximate surface area is 107 Å². The molecular weight excluding hydrogens is 256 g/mol. The van der Waals surface area contributed by atoms with Crippen molar-refractivity contribution in [3.8, 4) is 0 Å². The van der Waals surface area contributed by atoms with E-state index in [0.717, 1.165) is 0 Å². The number of rotatable bonds is 2. The molecule has 1 N–H and O–H groups in total. The van der Waals surface area contributed by atoms with Crippen LogP contribution in [0.3, 0.4) is 0 Å². The summed E-state index contributed by atoms with van der Waals surface area (Å²) in [5.41, 5.74) is 0.684. The molecule has 3 rings (SSSR count). The lowest BCUT2D eigenvalue weighted by Gasteiger charge is -2.12. The van der Waals surface area contributed by atoms with Gasteiger partial charge in [-0.1, -0.05) is 11.6 Å². The van der Waals surface area contributed by atoms with E-state index >= 15 is 0 Å². The number of cyclic esters (lactones) is 1. The number of hydrogen-bond donors (Lipinski definition) is 1.